The van der Waals surface area contributed by atoms with Gasteiger partial charge in [-0.2, -0.15) is 16.1 Å². The lowest BCUT2D eigenvalue weighted by molar-refractivity contribution is -0.137. The minimum Gasteiger partial charge on any atom is -0.386 e. The molecule has 2 aromatic rings. The third-order valence-corrected chi connectivity index (χ3v) is 12.9. The summed E-state index contributed by atoms with van der Waals surface area (Å²) in [4.78, 5) is 90.1. The van der Waals surface area contributed by atoms with Gasteiger partial charge in [0.2, 0.25) is 17.7 Å². The molecule has 0 radical (unpaired) electrons. The first-order valence-corrected chi connectivity index (χ1v) is 23.9. The third kappa shape index (κ3) is 15.6. The van der Waals surface area contributed by atoms with Gasteiger partial charge in [0.1, 0.15) is 36.3 Å². The standard InChI is InChI=1S/C29H51N10O17P3S/c1-29(2,24(43)27(44)34-4-3-19(40)33-8-12-60-14-20(41)32-7-11-38-9-5-31-6-10-38)15-53-59(50,51)56-58(48,49)52-13-18-23(55-57(45,46)47)22(42)28(54-18)39-17-37-21-25(30)35-16-36-26(21)39/h16-18,22-24,28,31,42-43H,3-15H2,1-2H3,(H,32,41)(H,33,40)(H,34,44)(H,48,49)(H,50,51)(H2,30,35,36)(H2,45,46,47)/t18-,22-,23-,24+,28-/m1/s1. The number of hydrogen-bond acceptors (Lipinski definition) is 20. The molecule has 60 heavy (non-hydrogen) atoms. The number of nitrogens with two attached hydrogens (primary N) is 1. The van der Waals surface area contributed by atoms with Gasteiger partial charge in [-0.1, -0.05) is 13.8 Å². The van der Waals surface area contributed by atoms with E-state index in [1.54, 1.807) is 0 Å². The van der Waals surface area contributed by atoms with E-state index in [4.69, 9.17) is 19.5 Å². The van der Waals surface area contributed by atoms with Crippen LogP contribution in [0.15, 0.2) is 12.7 Å². The number of hydrogen-bond donors (Lipinski definition) is 11. The summed E-state index contributed by atoms with van der Waals surface area (Å²) in [7, 11) is -16.4. The fourth-order valence-electron chi connectivity index (χ4n) is 5.71. The van der Waals surface area contributed by atoms with E-state index in [0.29, 0.717) is 12.3 Å². The lowest BCUT2D eigenvalue weighted by Crippen LogP contribution is -2.46. The summed E-state index contributed by atoms with van der Waals surface area (Å²) >= 11 is 1.34. The number of amides is 3. The van der Waals surface area contributed by atoms with Gasteiger partial charge in [0.15, 0.2) is 17.7 Å². The number of nitrogens with zero attached hydrogens (tertiary/aromatic N) is 5. The highest BCUT2D eigenvalue weighted by Crippen LogP contribution is 2.61. The summed E-state index contributed by atoms with van der Waals surface area (Å²) in [6.45, 7) is 5.65. The third-order valence-electron chi connectivity index (χ3n) is 8.84. The van der Waals surface area contributed by atoms with Crippen LogP contribution in [0.3, 0.4) is 0 Å². The van der Waals surface area contributed by atoms with Crippen LogP contribution < -0.4 is 27.0 Å². The van der Waals surface area contributed by atoms with Crippen LogP contribution in [0.4, 0.5) is 5.82 Å². The first kappa shape index (κ1) is 49.9. The van der Waals surface area contributed by atoms with Gasteiger partial charge in [-0.15, -0.1) is 0 Å². The number of piperazine rings is 1. The molecule has 2 aliphatic rings. The number of carbonyl (C=O) groups is 3. The summed E-state index contributed by atoms with van der Waals surface area (Å²) in [5, 5.41) is 32.6. The van der Waals surface area contributed by atoms with Gasteiger partial charge in [0.25, 0.3) is 0 Å². The molecule has 2 saturated heterocycles. The van der Waals surface area contributed by atoms with Crippen molar-refractivity contribution >= 4 is 69.9 Å². The molecule has 2 aromatic heterocycles. The number of fused-ring (bicyclic) bond motifs is 1. The zero-order chi connectivity index (χ0) is 44.3. The van der Waals surface area contributed by atoms with Crippen LogP contribution in [-0.2, 0) is 50.7 Å². The Bertz CT molecular complexity index is 1920. The monoisotopic (exact) mass is 936 g/mol. The van der Waals surface area contributed by atoms with Crippen molar-refractivity contribution in [1.82, 2.24) is 45.7 Å². The topological polar surface area (TPSA) is 391 Å². The van der Waals surface area contributed by atoms with Gasteiger partial charge in [-0.05, 0) is 0 Å². The Morgan fingerprint density at radius 1 is 1.02 bits per heavy atom. The van der Waals surface area contributed by atoms with E-state index < -0.39 is 84.6 Å². The van der Waals surface area contributed by atoms with Crippen molar-refractivity contribution in [1.29, 1.82) is 0 Å². The quantitative estimate of drug-likeness (QED) is 0.0373. The molecule has 3 amide bonds. The fraction of sp³-hybridized carbons (Fsp3) is 0.724. The van der Waals surface area contributed by atoms with E-state index >= 15 is 0 Å². The van der Waals surface area contributed by atoms with Crippen molar-refractivity contribution in [2.24, 2.45) is 5.41 Å². The highest BCUT2D eigenvalue weighted by Gasteiger charge is 2.50. The van der Waals surface area contributed by atoms with Crippen LogP contribution in [0.2, 0.25) is 0 Å². The average Bonchev–Trinajstić information content (AvgIpc) is 3.73. The number of aromatic nitrogens is 4. The van der Waals surface area contributed by atoms with E-state index in [1.165, 1.54) is 25.6 Å². The maximum atomic E-state index is 12.7. The second-order valence-corrected chi connectivity index (χ2v) is 19.4. The number of anilines is 1. The molecule has 4 rings (SSSR count). The second-order valence-electron chi connectivity index (χ2n) is 14.1. The van der Waals surface area contributed by atoms with Crippen molar-refractivity contribution in [3.8, 4) is 0 Å². The number of aliphatic hydroxyl groups excluding tert-OH is 2. The van der Waals surface area contributed by atoms with Gasteiger partial charge in [0, 0.05) is 69.9 Å². The molecule has 12 N–H and O–H groups in total. The minimum absolute atomic E-state index is 0.0312. The lowest BCUT2D eigenvalue weighted by atomic mass is 9.87. The Morgan fingerprint density at radius 2 is 1.70 bits per heavy atom. The number of carbonyl (C=O) groups excluding carboxylic acids is 3. The average molecular weight is 937 g/mol. The maximum Gasteiger partial charge on any atom is 0.481 e. The summed E-state index contributed by atoms with van der Waals surface area (Å²) in [6.07, 6.45) is -6.89. The first-order chi connectivity index (χ1) is 28.1. The predicted octanol–water partition coefficient (Wildman–Crippen LogP) is -2.84. The number of ether oxygens (including phenoxy) is 1. The van der Waals surface area contributed by atoms with Gasteiger partial charge in [0.05, 0.1) is 25.3 Å². The number of nitrogens with one attached hydrogen (secondary N) is 4. The Hall–Kier alpha value is -2.72. The van der Waals surface area contributed by atoms with Crippen molar-refractivity contribution in [3.05, 3.63) is 12.7 Å². The van der Waals surface area contributed by atoms with Gasteiger partial charge >= 0.3 is 23.5 Å². The molecular weight excluding hydrogens is 885 g/mol. The molecule has 27 nitrogen and oxygen atoms in total. The molecule has 4 heterocycles. The Morgan fingerprint density at radius 3 is 2.40 bits per heavy atom. The summed E-state index contributed by atoms with van der Waals surface area (Å²) in [5.41, 5.74) is 4.27. The number of nitrogen functional groups attached to an aromatic ring is 1. The van der Waals surface area contributed by atoms with E-state index in [2.05, 4.69) is 50.0 Å². The van der Waals surface area contributed by atoms with Crippen LogP contribution in [0, 0.1) is 5.41 Å². The van der Waals surface area contributed by atoms with Crippen LogP contribution in [-0.4, -0.2) is 173 Å². The number of phosphoric acid groups is 3. The van der Waals surface area contributed by atoms with Crippen molar-refractivity contribution in [3.63, 3.8) is 0 Å². The van der Waals surface area contributed by atoms with Gasteiger partial charge in [-0.3, -0.25) is 37.4 Å². The Kier molecular flexibility index (Phi) is 18.4. The van der Waals surface area contributed by atoms with E-state index in [1.807, 2.05) is 0 Å². The highest BCUT2D eigenvalue weighted by atomic mass is 32.2. The first-order valence-electron chi connectivity index (χ1n) is 18.2. The largest absolute Gasteiger partial charge is 0.481 e. The van der Waals surface area contributed by atoms with Crippen LogP contribution in [0.5, 0.6) is 0 Å². The molecule has 31 heteroatoms. The lowest BCUT2D eigenvalue weighted by Gasteiger charge is -2.30. The second kappa shape index (κ2) is 22.1. The fourth-order valence-corrected chi connectivity index (χ4v) is 9.21. The van der Waals surface area contributed by atoms with E-state index in [-0.39, 0.29) is 48.2 Å². The Balaban J connectivity index is 1.16. The minimum atomic E-state index is -5.57. The SMILES string of the molecule is CC(C)(COP(=O)(O)OP(=O)(O)OC[C@H]1O[C@@H](n2cnc3c(N)ncnc32)[C@H](O)[C@@H]1OP(=O)(O)O)[C@@H](O)C(=O)NCCC(=O)NCCSCC(=O)NCCN1CCNCC1. The number of imidazole rings is 1. The molecule has 2 unspecified atom stereocenters. The molecule has 340 valence electrons. The van der Waals surface area contributed by atoms with Crippen LogP contribution in [0.25, 0.3) is 11.2 Å². The normalized spacial score (nSPS) is 22.8. The molecule has 0 bridgehead atoms. The maximum absolute atomic E-state index is 12.7. The molecule has 0 aliphatic carbocycles. The summed E-state index contributed by atoms with van der Waals surface area (Å²) in [6, 6.07) is 0. The molecule has 0 spiro atoms. The Labute approximate surface area is 347 Å². The number of thioether (sulfide) groups is 1. The van der Waals surface area contributed by atoms with Crippen molar-refractivity contribution in [2.75, 3.05) is 82.8 Å². The molecule has 0 aromatic carbocycles. The van der Waals surface area contributed by atoms with E-state index in [9.17, 15) is 57.9 Å². The van der Waals surface area contributed by atoms with E-state index in [0.717, 1.165) is 49.9 Å². The molecular formula is C29H51N10O17P3S. The zero-order valence-electron chi connectivity index (χ0n) is 32.5. The highest BCUT2D eigenvalue weighted by molar-refractivity contribution is 7.99. The number of rotatable bonds is 24. The van der Waals surface area contributed by atoms with Gasteiger partial charge < -0.3 is 61.5 Å². The van der Waals surface area contributed by atoms with Crippen LogP contribution in [0.1, 0.15) is 26.5 Å². The molecule has 2 aliphatic heterocycles. The summed E-state index contributed by atoms with van der Waals surface area (Å²) < 4.78 is 62.2. The van der Waals surface area contributed by atoms with Gasteiger partial charge in [-0.25, -0.2) is 28.6 Å². The number of phosphoric ester groups is 3. The van der Waals surface area contributed by atoms with Crippen molar-refractivity contribution in [2.45, 2.75) is 50.9 Å². The van der Waals surface area contributed by atoms with Crippen LogP contribution >= 0.6 is 35.2 Å². The molecule has 2 fully saturated rings. The smallest absolute Gasteiger partial charge is 0.386 e. The molecule has 0 saturated carbocycles. The number of aliphatic hydroxyl groups is 2. The predicted molar refractivity (Wildman–Crippen MR) is 209 cm³/mol. The summed E-state index contributed by atoms with van der Waals surface area (Å²) in [5.74, 6) is -0.816. The van der Waals surface area contributed by atoms with Crippen molar-refractivity contribution < 1.29 is 80.5 Å². The molecule has 7 atom stereocenters. The zero-order valence-corrected chi connectivity index (χ0v) is 36.0.